The molecule has 0 spiro atoms. The molecule has 5 nitrogen and oxygen atoms in total. The molecule has 1 N–H and O–H groups in total. The zero-order valence-corrected chi connectivity index (χ0v) is 13.5. The molecule has 0 amide bonds. The number of hydrogen-bond acceptors (Lipinski definition) is 4. The number of aliphatic carboxylic acids is 1. The van der Waals surface area contributed by atoms with Crippen LogP contribution in [0.2, 0.25) is 0 Å². The lowest BCUT2D eigenvalue weighted by Crippen LogP contribution is -2.48. The second-order valence-electron chi connectivity index (χ2n) is 5.07. The van der Waals surface area contributed by atoms with Crippen LogP contribution in [-0.2, 0) is 21.2 Å². The molecule has 1 unspecified atom stereocenters. The zero-order valence-electron chi connectivity index (χ0n) is 11.1. The minimum absolute atomic E-state index is 0.0158. The molecule has 1 heterocycles. The van der Waals surface area contributed by atoms with Gasteiger partial charge in [0.05, 0.1) is 17.9 Å². The Bertz CT molecular complexity index is 650. The van der Waals surface area contributed by atoms with Gasteiger partial charge in [-0.05, 0) is 17.7 Å². The van der Waals surface area contributed by atoms with E-state index in [1.165, 1.54) is 12.1 Å². The number of hydrogen-bond donors (Lipinski definition) is 1. The summed E-state index contributed by atoms with van der Waals surface area (Å²) in [5.41, 5.74) is 0.797. The van der Waals surface area contributed by atoms with Crippen LogP contribution in [0.1, 0.15) is 12.0 Å². The first-order valence-electron chi connectivity index (χ1n) is 6.37. The molecule has 0 radical (unpaired) electrons. The monoisotopic (exact) mass is 379 g/mol. The van der Waals surface area contributed by atoms with Gasteiger partial charge in [0.25, 0.3) is 0 Å². The predicted molar refractivity (Wildman–Crippen MR) is 79.2 cm³/mol. The van der Waals surface area contributed by atoms with E-state index in [1.807, 2.05) is 4.90 Å². The first-order chi connectivity index (χ1) is 9.77. The third-order valence-corrected chi connectivity index (χ3v) is 5.89. The van der Waals surface area contributed by atoms with E-state index >= 15 is 0 Å². The third kappa shape index (κ3) is 4.49. The molecule has 0 saturated carbocycles. The van der Waals surface area contributed by atoms with Gasteiger partial charge in [-0.15, -0.1) is 0 Å². The normalized spacial score (nSPS) is 22.1. The van der Waals surface area contributed by atoms with Gasteiger partial charge >= 0.3 is 5.97 Å². The second-order valence-corrected chi connectivity index (χ2v) is 8.16. The van der Waals surface area contributed by atoms with Crippen molar-refractivity contribution < 1.29 is 22.7 Å². The van der Waals surface area contributed by atoms with E-state index in [1.54, 1.807) is 6.07 Å². The number of nitrogens with zero attached hydrogens (tertiary/aromatic N) is 1. The summed E-state index contributed by atoms with van der Waals surface area (Å²) in [6.45, 7) is 0.665. The second kappa shape index (κ2) is 6.41. The average Bonchev–Trinajstić information content (AvgIpc) is 2.34. The van der Waals surface area contributed by atoms with E-state index in [2.05, 4.69) is 15.9 Å². The Morgan fingerprint density at radius 3 is 2.81 bits per heavy atom. The highest BCUT2D eigenvalue weighted by Gasteiger charge is 2.32. The van der Waals surface area contributed by atoms with Crippen LogP contribution < -0.4 is 0 Å². The van der Waals surface area contributed by atoms with E-state index in [4.69, 9.17) is 5.11 Å². The topological polar surface area (TPSA) is 74.7 Å². The van der Waals surface area contributed by atoms with Crippen LogP contribution in [0, 0.1) is 5.82 Å². The predicted octanol–water partition coefficient (Wildman–Crippen LogP) is 1.66. The molecule has 1 fully saturated rings. The van der Waals surface area contributed by atoms with E-state index < -0.39 is 21.8 Å². The lowest BCUT2D eigenvalue weighted by Gasteiger charge is -2.34. The van der Waals surface area contributed by atoms with Crippen LogP contribution in [0.3, 0.4) is 0 Å². The lowest BCUT2D eigenvalue weighted by molar-refractivity contribution is -0.138. The smallest absolute Gasteiger partial charge is 0.304 e. The van der Waals surface area contributed by atoms with Gasteiger partial charge in [0.15, 0.2) is 9.84 Å². The highest BCUT2D eigenvalue weighted by molar-refractivity contribution is 9.10. The number of carboxylic acid groups (broad SMARTS) is 1. The highest BCUT2D eigenvalue weighted by Crippen LogP contribution is 2.23. The maximum Gasteiger partial charge on any atom is 0.304 e. The Morgan fingerprint density at radius 2 is 2.19 bits per heavy atom. The molecule has 0 aliphatic carbocycles. The molecule has 1 aliphatic rings. The van der Waals surface area contributed by atoms with E-state index in [9.17, 15) is 17.6 Å². The largest absolute Gasteiger partial charge is 0.481 e. The molecule has 0 aromatic heterocycles. The van der Waals surface area contributed by atoms with Crippen LogP contribution in [0.15, 0.2) is 22.7 Å². The number of sulfone groups is 1. The Balaban J connectivity index is 2.18. The van der Waals surface area contributed by atoms with E-state index in [-0.39, 0.29) is 30.3 Å². The average molecular weight is 380 g/mol. The summed E-state index contributed by atoms with van der Waals surface area (Å²) in [7, 11) is -3.20. The van der Waals surface area contributed by atoms with Crippen LogP contribution in [0.25, 0.3) is 0 Å². The van der Waals surface area contributed by atoms with Crippen molar-refractivity contribution in [3.05, 3.63) is 34.1 Å². The molecule has 21 heavy (non-hydrogen) atoms. The van der Waals surface area contributed by atoms with Gasteiger partial charge in [0, 0.05) is 23.6 Å². The minimum atomic E-state index is -3.20. The van der Waals surface area contributed by atoms with Gasteiger partial charge in [0.2, 0.25) is 0 Å². The number of benzene rings is 1. The molecule has 1 aliphatic heterocycles. The highest BCUT2D eigenvalue weighted by atomic mass is 79.9. The van der Waals surface area contributed by atoms with Crippen molar-refractivity contribution in [2.75, 3.05) is 18.1 Å². The first kappa shape index (κ1) is 16.4. The maximum atomic E-state index is 13.1. The van der Waals surface area contributed by atoms with Crippen molar-refractivity contribution in [1.29, 1.82) is 0 Å². The summed E-state index contributed by atoms with van der Waals surface area (Å²) in [5.74, 6) is -1.53. The first-order valence-corrected chi connectivity index (χ1v) is 8.98. The summed E-state index contributed by atoms with van der Waals surface area (Å²) in [5, 5.41) is 8.93. The molecule has 2 rings (SSSR count). The number of rotatable bonds is 4. The van der Waals surface area contributed by atoms with Crippen molar-refractivity contribution in [3.63, 3.8) is 0 Å². The Hall–Kier alpha value is -0.990. The number of carboxylic acids is 1. The van der Waals surface area contributed by atoms with Crippen molar-refractivity contribution in [2.24, 2.45) is 0 Å². The molecule has 0 bridgehead atoms. The summed E-state index contributed by atoms with van der Waals surface area (Å²) in [4.78, 5) is 12.7. The Kier molecular flexibility index (Phi) is 5.00. The van der Waals surface area contributed by atoms with Gasteiger partial charge < -0.3 is 5.11 Å². The summed E-state index contributed by atoms with van der Waals surface area (Å²) in [6, 6.07) is 3.72. The van der Waals surface area contributed by atoms with Gasteiger partial charge in [0.1, 0.15) is 5.82 Å². The van der Waals surface area contributed by atoms with E-state index in [0.29, 0.717) is 11.0 Å². The standard InChI is InChI=1S/C13H15BrFNO4S/c14-12-5-10(15)2-1-9(12)7-16-3-4-21(19,20)8-11(16)6-13(17)18/h1-2,5,11H,3-4,6-8H2,(H,17,18). The molecule has 1 atom stereocenters. The van der Waals surface area contributed by atoms with Crippen LogP contribution >= 0.6 is 15.9 Å². The number of carbonyl (C=O) groups is 1. The van der Waals surface area contributed by atoms with Gasteiger partial charge in [-0.1, -0.05) is 22.0 Å². The van der Waals surface area contributed by atoms with Gasteiger partial charge in [-0.3, -0.25) is 9.69 Å². The van der Waals surface area contributed by atoms with Gasteiger partial charge in [-0.25, -0.2) is 12.8 Å². The van der Waals surface area contributed by atoms with Crippen molar-refractivity contribution in [2.45, 2.75) is 19.0 Å². The quantitative estimate of drug-likeness (QED) is 0.860. The Morgan fingerprint density at radius 1 is 1.48 bits per heavy atom. The third-order valence-electron chi connectivity index (χ3n) is 3.45. The van der Waals surface area contributed by atoms with Crippen LogP contribution in [0.4, 0.5) is 4.39 Å². The SMILES string of the molecule is O=C(O)CC1CS(=O)(=O)CCN1Cc1ccc(F)cc1Br. The van der Waals surface area contributed by atoms with Crippen molar-refractivity contribution in [3.8, 4) is 0 Å². The van der Waals surface area contributed by atoms with Crippen LogP contribution in [0.5, 0.6) is 0 Å². The molecule has 8 heteroatoms. The number of halogens is 2. The zero-order chi connectivity index (χ0) is 15.6. The summed E-state index contributed by atoms with van der Waals surface area (Å²) < 4.78 is 37.0. The maximum absolute atomic E-state index is 13.1. The molecule has 1 aromatic carbocycles. The Labute approximate surface area is 130 Å². The van der Waals surface area contributed by atoms with Crippen molar-refractivity contribution in [1.82, 2.24) is 4.90 Å². The molecular weight excluding hydrogens is 365 g/mol. The molecular formula is C13H15BrFNO4S. The van der Waals surface area contributed by atoms with Crippen molar-refractivity contribution >= 4 is 31.7 Å². The fraction of sp³-hybridized carbons (Fsp3) is 0.462. The fourth-order valence-corrected chi connectivity index (χ4v) is 4.46. The van der Waals surface area contributed by atoms with Gasteiger partial charge in [-0.2, -0.15) is 0 Å². The minimum Gasteiger partial charge on any atom is -0.481 e. The fourth-order valence-electron chi connectivity index (χ4n) is 2.39. The lowest BCUT2D eigenvalue weighted by atomic mass is 10.1. The molecule has 116 valence electrons. The molecule has 1 aromatic rings. The summed E-state index contributed by atoms with van der Waals surface area (Å²) in [6.07, 6.45) is -0.224. The summed E-state index contributed by atoms with van der Waals surface area (Å²) >= 11 is 3.27. The van der Waals surface area contributed by atoms with E-state index in [0.717, 1.165) is 5.56 Å². The molecule has 1 saturated heterocycles. The van der Waals surface area contributed by atoms with Crippen LogP contribution in [-0.4, -0.2) is 48.5 Å².